The lowest BCUT2D eigenvalue weighted by Gasteiger charge is -2.25. The fourth-order valence-electron chi connectivity index (χ4n) is 3.92. The molecule has 0 aliphatic carbocycles. The summed E-state index contributed by atoms with van der Waals surface area (Å²) in [6.07, 6.45) is 10.0. The molecule has 0 radical (unpaired) electrons. The maximum Gasteiger partial charge on any atom is 0.295 e. The van der Waals surface area contributed by atoms with E-state index in [-0.39, 0.29) is 11.3 Å². The average molecular weight is 447 g/mol. The van der Waals surface area contributed by atoms with Gasteiger partial charge < -0.3 is 19.3 Å². The highest BCUT2D eigenvalue weighted by molar-refractivity contribution is 6.46. The Morgan fingerprint density at radius 2 is 1.91 bits per heavy atom. The van der Waals surface area contributed by atoms with Crippen LogP contribution in [0.5, 0.6) is 5.75 Å². The first-order valence-corrected chi connectivity index (χ1v) is 11.0. The molecule has 1 aliphatic rings. The maximum atomic E-state index is 13.0. The van der Waals surface area contributed by atoms with Crippen molar-refractivity contribution >= 4 is 17.4 Å². The molecule has 2 aromatic heterocycles. The monoisotopic (exact) mass is 446 g/mol. The van der Waals surface area contributed by atoms with Crippen LogP contribution in [-0.4, -0.2) is 49.4 Å². The molecule has 0 bridgehead atoms. The number of aliphatic hydroxyl groups excluding tert-OH is 1. The fraction of sp³-hybridized carbons (Fsp3) is 0.280. The summed E-state index contributed by atoms with van der Waals surface area (Å²) in [4.78, 5) is 35.7. The molecule has 1 aliphatic heterocycles. The number of Topliss-reactive ketones (excluding diaryl/α,β-unsaturated/α-hetero) is 1. The van der Waals surface area contributed by atoms with E-state index >= 15 is 0 Å². The third-order valence-corrected chi connectivity index (χ3v) is 5.52. The van der Waals surface area contributed by atoms with Gasteiger partial charge in [0.05, 0.1) is 24.5 Å². The van der Waals surface area contributed by atoms with Crippen molar-refractivity contribution in [2.45, 2.75) is 32.4 Å². The standard InChI is InChI=1S/C25H26N4O4/c1-2-15-33-20-8-6-18(7-9-20)23(30)21-22(19-5-3-10-26-16-19)29(25(32)24(21)31)13-4-12-28-14-11-27-17-28/h3,5-11,14,16-17,22,30H,2,4,12-13,15H2,1H3/b23-21+/t22-/m0/s1. The van der Waals surface area contributed by atoms with Gasteiger partial charge in [0, 0.05) is 43.4 Å². The Bertz CT molecular complexity index is 1120. The zero-order valence-corrected chi connectivity index (χ0v) is 18.4. The molecule has 8 nitrogen and oxygen atoms in total. The molecular weight excluding hydrogens is 420 g/mol. The van der Waals surface area contributed by atoms with Gasteiger partial charge in [-0.2, -0.15) is 0 Å². The molecule has 1 fully saturated rings. The fourth-order valence-corrected chi connectivity index (χ4v) is 3.92. The summed E-state index contributed by atoms with van der Waals surface area (Å²) in [5.74, 6) is -0.854. The third kappa shape index (κ3) is 4.79. The number of aliphatic hydroxyl groups is 1. The number of carbonyl (C=O) groups is 2. The molecule has 1 N–H and O–H groups in total. The summed E-state index contributed by atoms with van der Waals surface area (Å²) >= 11 is 0. The summed E-state index contributed by atoms with van der Waals surface area (Å²) in [5, 5.41) is 11.1. The van der Waals surface area contributed by atoms with Gasteiger partial charge in [-0.1, -0.05) is 13.0 Å². The minimum atomic E-state index is -0.711. The van der Waals surface area contributed by atoms with Crippen LogP contribution < -0.4 is 4.74 Å². The Morgan fingerprint density at radius 3 is 2.58 bits per heavy atom. The number of aryl methyl sites for hydroxylation is 1. The van der Waals surface area contributed by atoms with Crippen molar-refractivity contribution in [2.24, 2.45) is 0 Å². The molecule has 1 saturated heterocycles. The highest BCUT2D eigenvalue weighted by Crippen LogP contribution is 2.39. The number of hydrogen-bond acceptors (Lipinski definition) is 6. The van der Waals surface area contributed by atoms with Crippen LogP contribution in [0.3, 0.4) is 0 Å². The Kier molecular flexibility index (Phi) is 6.83. The minimum absolute atomic E-state index is 0.0675. The van der Waals surface area contributed by atoms with E-state index in [2.05, 4.69) is 9.97 Å². The van der Waals surface area contributed by atoms with Gasteiger partial charge in [0.25, 0.3) is 11.7 Å². The van der Waals surface area contributed by atoms with Gasteiger partial charge >= 0.3 is 0 Å². The molecular formula is C25H26N4O4. The summed E-state index contributed by atoms with van der Waals surface area (Å²) < 4.78 is 7.51. The molecule has 4 rings (SSSR count). The summed E-state index contributed by atoms with van der Waals surface area (Å²) in [6, 6.07) is 9.70. The third-order valence-electron chi connectivity index (χ3n) is 5.52. The van der Waals surface area contributed by atoms with Gasteiger partial charge in [0.1, 0.15) is 11.5 Å². The zero-order chi connectivity index (χ0) is 23.2. The van der Waals surface area contributed by atoms with Gasteiger partial charge in [-0.25, -0.2) is 4.98 Å². The number of ether oxygens (including phenoxy) is 1. The van der Waals surface area contributed by atoms with Crippen molar-refractivity contribution in [3.05, 3.63) is 84.2 Å². The van der Waals surface area contributed by atoms with E-state index in [0.29, 0.717) is 43.0 Å². The lowest BCUT2D eigenvalue weighted by atomic mass is 9.96. The normalized spacial score (nSPS) is 17.5. The van der Waals surface area contributed by atoms with Crippen LogP contribution in [0.25, 0.3) is 5.76 Å². The highest BCUT2D eigenvalue weighted by atomic mass is 16.5. The molecule has 0 unspecified atom stereocenters. The van der Waals surface area contributed by atoms with Crippen molar-refractivity contribution in [1.29, 1.82) is 0 Å². The molecule has 33 heavy (non-hydrogen) atoms. The van der Waals surface area contributed by atoms with Crippen molar-refractivity contribution in [1.82, 2.24) is 19.4 Å². The van der Waals surface area contributed by atoms with E-state index in [9.17, 15) is 14.7 Å². The number of amides is 1. The van der Waals surface area contributed by atoms with E-state index in [1.54, 1.807) is 61.3 Å². The Hall–Kier alpha value is -3.94. The predicted molar refractivity (Wildman–Crippen MR) is 122 cm³/mol. The van der Waals surface area contributed by atoms with Gasteiger partial charge in [-0.05, 0) is 48.7 Å². The van der Waals surface area contributed by atoms with Crippen LogP contribution in [0.1, 0.15) is 36.9 Å². The number of rotatable bonds is 9. The van der Waals surface area contributed by atoms with Gasteiger partial charge in [0.15, 0.2) is 0 Å². The van der Waals surface area contributed by atoms with Gasteiger partial charge in [-0.3, -0.25) is 14.6 Å². The average Bonchev–Trinajstić information content (AvgIpc) is 3.45. The van der Waals surface area contributed by atoms with Crippen LogP contribution in [0, 0.1) is 0 Å². The molecule has 0 spiro atoms. The Balaban J connectivity index is 1.66. The van der Waals surface area contributed by atoms with Crippen LogP contribution in [0.4, 0.5) is 0 Å². The van der Waals surface area contributed by atoms with E-state index in [1.807, 2.05) is 17.7 Å². The second-order valence-electron chi connectivity index (χ2n) is 7.81. The number of benzene rings is 1. The van der Waals surface area contributed by atoms with Crippen LogP contribution in [0.2, 0.25) is 0 Å². The lowest BCUT2D eigenvalue weighted by molar-refractivity contribution is -0.139. The van der Waals surface area contributed by atoms with E-state index in [4.69, 9.17) is 4.74 Å². The van der Waals surface area contributed by atoms with Crippen LogP contribution in [-0.2, 0) is 16.1 Å². The molecule has 3 aromatic rings. The number of imidazole rings is 1. The predicted octanol–water partition coefficient (Wildman–Crippen LogP) is 3.58. The van der Waals surface area contributed by atoms with Crippen molar-refractivity contribution in [3.8, 4) is 5.75 Å². The smallest absolute Gasteiger partial charge is 0.295 e. The first-order valence-electron chi connectivity index (χ1n) is 11.0. The van der Waals surface area contributed by atoms with E-state index in [0.717, 1.165) is 6.42 Å². The molecule has 8 heteroatoms. The van der Waals surface area contributed by atoms with Crippen LogP contribution in [0.15, 0.2) is 73.1 Å². The summed E-state index contributed by atoms with van der Waals surface area (Å²) in [6.45, 7) is 3.62. The van der Waals surface area contributed by atoms with Gasteiger partial charge in [0.2, 0.25) is 0 Å². The van der Waals surface area contributed by atoms with Gasteiger partial charge in [-0.15, -0.1) is 0 Å². The zero-order valence-electron chi connectivity index (χ0n) is 18.4. The van der Waals surface area contributed by atoms with Crippen molar-refractivity contribution < 1.29 is 19.4 Å². The number of carbonyl (C=O) groups excluding carboxylic acids is 2. The molecule has 1 amide bonds. The number of aromatic nitrogens is 3. The second kappa shape index (κ2) is 10.1. The Morgan fingerprint density at radius 1 is 1.09 bits per heavy atom. The summed E-state index contributed by atoms with van der Waals surface area (Å²) in [7, 11) is 0. The molecule has 3 heterocycles. The molecule has 170 valence electrons. The minimum Gasteiger partial charge on any atom is -0.507 e. The number of nitrogens with zero attached hydrogens (tertiary/aromatic N) is 4. The highest BCUT2D eigenvalue weighted by Gasteiger charge is 2.45. The topological polar surface area (TPSA) is 97.6 Å². The van der Waals surface area contributed by atoms with E-state index < -0.39 is 17.7 Å². The first-order chi connectivity index (χ1) is 16.1. The number of ketones is 1. The summed E-state index contributed by atoms with van der Waals surface area (Å²) in [5.41, 5.74) is 1.19. The first kappa shape index (κ1) is 22.3. The lowest BCUT2D eigenvalue weighted by Crippen LogP contribution is -2.31. The molecule has 1 atom stereocenters. The van der Waals surface area contributed by atoms with Crippen molar-refractivity contribution in [2.75, 3.05) is 13.2 Å². The quantitative estimate of drug-likeness (QED) is 0.307. The van der Waals surface area contributed by atoms with Crippen LogP contribution >= 0.6 is 0 Å². The molecule has 0 saturated carbocycles. The molecule has 1 aromatic carbocycles. The Labute approximate surface area is 192 Å². The van der Waals surface area contributed by atoms with E-state index in [1.165, 1.54) is 4.90 Å². The second-order valence-corrected chi connectivity index (χ2v) is 7.81. The number of likely N-dealkylation sites (tertiary alicyclic amines) is 1. The number of pyridine rings is 1. The largest absolute Gasteiger partial charge is 0.507 e. The number of hydrogen-bond donors (Lipinski definition) is 1. The maximum absolute atomic E-state index is 13.0. The van der Waals surface area contributed by atoms with Crippen molar-refractivity contribution in [3.63, 3.8) is 0 Å². The SMILES string of the molecule is CCCOc1ccc(/C(O)=C2\C(=O)C(=O)N(CCCn3ccnc3)[C@H]2c2cccnc2)cc1.